The summed E-state index contributed by atoms with van der Waals surface area (Å²) >= 11 is 1.50. The third-order valence-electron chi connectivity index (χ3n) is 4.92. The largest absolute Gasteiger partial charge is 0.309 e. The molecule has 0 aliphatic carbocycles. The maximum atomic E-state index is 12.4. The molecule has 0 spiro atoms. The highest BCUT2D eigenvalue weighted by atomic mass is 32.2. The highest BCUT2D eigenvalue weighted by Crippen LogP contribution is 2.25. The minimum Gasteiger partial charge on any atom is -0.309 e. The molecule has 0 fully saturated rings. The molecule has 2 heterocycles. The van der Waals surface area contributed by atoms with Crippen molar-refractivity contribution in [3.8, 4) is 5.69 Å². The Morgan fingerprint density at radius 3 is 2.35 bits per heavy atom. The van der Waals surface area contributed by atoms with Crippen molar-refractivity contribution in [2.45, 2.75) is 17.3 Å². The van der Waals surface area contributed by atoms with Crippen LogP contribution < -0.4 is 5.56 Å². The van der Waals surface area contributed by atoms with Gasteiger partial charge in [0.1, 0.15) is 11.6 Å². The maximum Gasteiger partial charge on any atom is 0.258 e. The summed E-state index contributed by atoms with van der Waals surface area (Å²) in [6, 6.07) is 27.6. The zero-order valence-electron chi connectivity index (χ0n) is 16.6. The molecule has 5 aromatic rings. The van der Waals surface area contributed by atoms with E-state index in [9.17, 15) is 4.79 Å². The Balaban J connectivity index is 1.47. The van der Waals surface area contributed by atoms with E-state index in [-0.39, 0.29) is 5.56 Å². The molecule has 152 valence electrons. The molecule has 7 heteroatoms. The third kappa shape index (κ3) is 4.13. The average Bonchev–Trinajstić information content (AvgIpc) is 3.21. The highest BCUT2D eigenvalue weighted by Gasteiger charge is 2.16. The lowest BCUT2D eigenvalue weighted by Gasteiger charge is -2.10. The van der Waals surface area contributed by atoms with Crippen LogP contribution in [0.1, 0.15) is 17.2 Å². The SMILES string of the molecule is O=c1[nH]c(CSc2nnc(Cc3ccccc3)n2-c2ccccc2)nc2ccccc12. The van der Waals surface area contributed by atoms with E-state index in [1.54, 1.807) is 6.07 Å². The quantitative estimate of drug-likeness (QED) is 0.409. The van der Waals surface area contributed by atoms with E-state index in [0.29, 0.717) is 28.9 Å². The van der Waals surface area contributed by atoms with Crippen molar-refractivity contribution in [1.29, 1.82) is 0 Å². The number of hydrogen-bond donors (Lipinski definition) is 1. The average molecular weight is 426 g/mol. The van der Waals surface area contributed by atoms with Crippen LogP contribution in [0.3, 0.4) is 0 Å². The van der Waals surface area contributed by atoms with Gasteiger partial charge in [-0.05, 0) is 29.8 Å². The van der Waals surface area contributed by atoms with Crippen LogP contribution in [0.15, 0.2) is 94.9 Å². The standard InChI is InChI=1S/C24H19N5OS/c30-23-19-13-7-8-14-20(19)25-21(26-23)16-31-24-28-27-22(15-17-9-3-1-4-10-17)29(24)18-11-5-2-6-12-18/h1-14H,15-16H2,(H,25,26,30). The van der Waals surface area contributed by atoms with Crippen molar-refractivity contribution in [2.24, 2.45) is 0 Å². The molecule has 0 unspecified atom stereocenters. The monoisotopic (exact) mass is 425 g/mol. The molecule has 0 amide bonds. The molecule has 3 aromatic carbocycles. The molecule has 1 N–H and O–H groups in total. The zero-order valence-corrected chi connectivity index (χ0v) is 17.4. The number of para-hydroxylation sites is 2. The van der Waals surface area contributed by atoms with E-state index in [2.05, 4.69) is 36.9 Å². The van der Waals surface area contributed by atoms with E-state index in [4.69, 9.17) is 0 Å². The first-order chi connectivity index (χ1) is 15.3. The predicted molar refractivity (Wildman–Crippen MR) is 123 cm³/mol. The van der Waals surface area contributed by atoms with Crippen molar-refractivity contribution in [2.75, 3.05) is 0 Å². The van der Waals surface area contributed by atoms with Gasteiger partial charge in [0, 0.05) is 12.1 Å². The Hall–Kier alpha value is -3.71. The summed E-state index contributed by atoms with van der Waals surface area (Å²) < 4.78 is 2.07. The molecule has 6 nitrogen and oxygen atoms in total. The summed E-state index contributed by atoms with van der Waals surface area (Å²) in [5.41, 5.74) is 2.73. The highest BCUT2D eigenvalue weighted by molar-refractivity contribution is 7.98. The number of H-pyrrole nitrogens is 1. The van der Waals surface area contributed by atoms with Crippen LogP contribution in [0.2, 0.25) is 0 Å². The number of fused-ring (bicyclic) bond motifs is 1. The lowest BCUT2D eigenvalue weighted by molar-refractivity contribution is 0.846. The first-order valence-electron chi connectivity index (χ1n) is 9.92. The van der Waals surface area contributed by atoms with Crippen LogP contribution in [0.5, 0.6) is 0 Å². The number of nitrogens with one attached hydrogen (secondary N) is 1. The second-order valence-electron chi connectivity index (χ2n) is 7.05. The van der Waals surface area contributed by atoms with Crippen molar-refractivity contribution < 1.29 is 0 Å². The fraction of sp³-hybridized carbons (Fsp3) is 0.0833. The van der Waals surface area contributed by atoms with E-state index in [1.807, 2.05) is 66.7 Å². The molecule has 0 radical (unpaired) electrons. The maximum absolute atomic E-state index is 12.4. The number of aromatic nitrogens is 5. The van der Waals surface area contributed by atoms with E-state index >= 15 is 0 Å². The minimum atomic E-state index is -0.129. The molecule has 0 aliphatic heterocycles. The summed E-state index contributed by atoms with van der Waals surface area (Å²) in [5.74, 6) is 1.96. The van der Waals surface area contributed by atoms with Gasteiger partial charge in [-0.15, -0.1) is 10.2 Å². The first kappa shape index (κ1) is 19.3. The molecular weight excluding hydrogens is 406 g/mol. The normalized spacial score (nSPS) is 11.1. The van der Waals surface area contributed by atoms with Gasteiger partial charge in [0.15, 0.2) is 5.16 Å². The topological polar surface area (TPSA) is 76.5 Å². The van der Waals surface area contributed by atoms with Crippen molar-refractivity contribution in [1.82, 2.24) is 24.7 Å². The Morgan fingerprint density at radius 1 is 0.839 bits per heavy atom. The number of rotatable bonds is 6. The van der Waals surface area contributed by atoms with Crippen molar-refractivity contribution in [3.63, 3.8) is 0 Å². The van der Waals surface area contributed by atoms with Gasteiger partial charge in [0.2, 0.25) is 0 Å². The lowest BCUT2D eigenvalue weighted by Crippen LogP contribution is -2.11. The first-order valence-corrected chi connectivity index (χ1v) is 10.9. The molecule has 0 saturated heterocycles. The van der Waals surface area contributed by atoms with Gasteiger partial charge in [-0.25, -0.2) is 4.98 Å². The van der Waals surface area contributed by atoms with Crippen molar-refractivity contribution in [3.05, 3.63) is 112 Å². The summed E-state index contributed by atoms with van der Waals surface area (Å²) in [7, 11) is 0. The number of aromatic amines is 1. The molecule has 0 aliphatic rings. The molecule has 31 heavy (non-hydrogen) atoms. The Bertz CT molecular complexity index is 1380. The fourth-order valence-electron chi connectivity index (χ4n) is 3.46. The third-order valence-corrected chi connectivity index (χ3v) is 5.86. The lowest BCUT2D eigenvalue weighted by atomic mass is 10.1. The van der Waals surface area contributed by atoms with Crippen LogP contribution >= 0.6 is 11.8 Å². The van der Waals surface area contributed by atoms with Gasteiger partial charge in [0.25, 0.3) is 5.56 Å². The molecule has 0 saturated carbocycles. The van der Waals surface area contributed by atoms with Gasteiger partial charge in [-0.1, -0.05) is 72.4 Å². The predicted octanol–water partition coefficient (Wildman–Crippen LogP) is 4.39. The van der Waals surface area contributed by atoms with Crippen LogP contribution in [-0.4, -0.2) is 24.7 Å². The van der Waals surface area contributed by atoms with Crippen LogP contribution in [0, 0.1) is 0 Å². The number of nitrogens with zero attached hydrogens (tertiary/aromatic N) is 4. The van der Waals surface area contributed by atoms with Gasteiger partial charge in [0.05, 0.1) is 16.7 Å². The second kappa shape index (κ2) is 8.57. The minimum absolute atomic E-state index is 0.129. The smallest absolute Gasteiger partial charge is 0.258 e. The molecule has 5 rings (SSSR count). The fourth-order valence-corrected chi connectivity index (χ4v) is 4.30. The van der Waals surface area contributed by atoms with Crippen LogP contribution in [0.4, 0.5) is 0 Å². The number of benzene rings is 3. The van der Waals surface area contributed by atoms with E-state index < -0.39 is 0 Å². The van der Waals surface area contributed by atoms with E-state index in [1.165, 1.54) is 17.3 Å². The molecule has 0 atom stereocenters. The molecule has 0 bridgehead atoms. The van der Waals surface area contributed by atoms with Crippen LogP contribution in [0.25, 0.3) is 16.6 Å². The number of thioether (sulfide) groups is 1. The van der Waals surface area contributed by atoms with Gasteiger partial charge < -0.3 is 4.98 Å². The number of hydrogen-bond acceptors (Lipinski definition) is 5. The Labute approximate surface area is 183 Å². The summed E-state index contributed by atoms with van der Waals surface area (Å²) in [6.45, 7) is 0. The van der Waals surface area contributed by atoms with Crippen LogP contribution in [-0.2, 0) is 12.2 Å². The summed E-state index contributed by atoms with van der Waals surface area (Å²) in [6.07, 6.45) is 0.675. The Morgan fingerprint density at radius 2 is 1.55 bits per heavy atom. The zero-order chi connectivity index (χ0) is 21.0. The van der Waals surface area contributed by atoms with Gasteiger partial charge >= 0.3 is 0 Å². The Kier molecular flexibility index (Phi) is 5.33. The molecule has 2 aromatic heterocycles. The summed E-state index contributed by atoms with van der Waals surface area (Å²) in [4.78, 5) is 19.8. The van der Waals surface area contributed by atoms with Gasteiger partial charge in [-0.2, -0.15) is 0 Å². The van der Waals surface area contributed by atoms with Crippen molar-refractivity contribution >= 4 is 22.7 Å². The van der Waals surface area contributed by atoms with E-state index in [0.717, 1.165) is 16.7 Å². The molecular formula is C24H19N5OS. The van der Waals surface area contributed by atoms with Gasteiger partial charge in [-0.3, -0.25) is 9.36 Å². The summed E-state index contributed by atoms with van der Waals surface area (Å²) in [5, 5.41) is 10.3. The second-order valence-corrected chi connectivity index (χ2v) is 7.99.